The van der Waals surface area contributed by atoms with E-state index in [2.05, 4.69) is 11.9 Å². The molecule has 0 spiro atoms. The topological polar surface area (TPSA) is 81.1 Å². The van der Waals surface area contributed by atoms with E-state index in [1.165, 1.54) is 11.6 Å². The van der Waals surface area contributed by atoms with Crippen molar-refractivity contribution in [1.29, 1.82) is 0 Å². The summed E-state index contributed by atoms with van der Waals surface area (Å²) in [5.41, 5.74) is 9.07. The fraction of sp³-hybridized carbons (Fsp3) is 0.143. The Hall–Kier alpha value is -2.54. The lowest BCUT2D eigenvalue weighted by Crippen LogP contribution is -2.08. The molecule has 2 aromatic carbocycles. The van der Waals surface area contributed by atoms with Crippen molar-refractivity contribution in [3.8, 4) is 10.8 Å². The van der Waals surface area contributed by atoms with Gasteiger partial charge in [-0.05, 0) is 35.7 Å². The average molecular weight is 448 g/mol. The van der Waals surface area contributed by atoms with E-state index in [9.17, 15) is 9.90 Å². The van der Waals surface area contributed by atoms with Crippen molar-refractivity contribution >= 4 is 51.5 Å². The predicted octanol–water partition coefficient (Wildman–Crippen LogP) is 5.53. The number of fused-ring (bicyclic) bond motifs is 1. The molecule has 4 rings (SSSR count). The normalized spacial score (nSPS) is 10.6. The first-order chi connectivity index (χ1) is 13.9. The average Bonchev–Trinajstić information content (AvgIpc) is 3.31. The van der Waals surface area contributed by atoms with E-state index in [1.54, 1.807) is 10.9 Å². The SMILES string of the molecule is CCc1ccccc1Cl.NC(=O)c1sc(-n2cnc3ccc(CCl)cc32)cc1O. The van der Waals surface area contributed by atoms with Crippen LogP contribution < -0.4 is 5.73 Å². The van der Waals surface area contributed by atoms with Crippen molar-refractivity contribution in [2.24, 2.45) is 5.73 Å². The first-order valence-corrected chi connectivity index (χ1v) is 10.6. The fourth-order valence-corrected chi connectivity index (χ4v) is 4.08. The van der Waals surface area contributed by atoms with Gasteiger partial charge in [0.05, 0.1) is 11.0 Å². The number of thiophene rings is 1. The number of carbonyl (C=O) groups excluding carboxylic acids is 1. The molecule has 0 aliphatic carbocycles. The van der Waals surface area contributed by atoms with Crippen LogP contribution >= 0.6 is 34.5 Å². The van der Waals surface area contributed by atoms with Crippen LogP contribution in [0.25, 0.3) is 16.0 Å². The summed E-state index contributed by atoms with van der Waals surface area (Å²) in [6.45, 7) is 2.10. The van der Waals surface area contributed by atoms with Gasteiger partial charge in [0.2, 0.25) is 0 Å². The van der Waals surface area contributed by atoms with Crippen molar-refractivity contribution in [1.82, 2.24) is 9.55 Å². The largest absolute Gasteiger partial charge is 0.506 e. The van der Waals surface area contributed by atoms with Crippen LogP contribution in [-0.2, 0) is 12.3 Å². The van der Waals surface area contributed by atoms with E-state index in [0.717, 1.165) is 39.4 Å². The highest BCUT2D eigenvalue weighted by Crippen LogP contribution is 2.32. The van der Waals surface area contributed by atoms with E-state index in [1.807, 2.05) is 42.5 Å². The van der Waals surface area contributed by atoms with Gasteiger partial charge < -0.3 is 10.8 Å². The van der Waals surface area contributed by atoms with E-state index < -0.39 is 5.91 Å². The minimum absolute atomic E-state index is 0.118. The number of benzene rings is 2. The van der Waals surface area contributed by atoms with E-state index in [0.29, 0.717) is 10.9 Å². The zero-order chi connectivity index (χ0) is 21.0. The number of aromatic nitrogens is 2. The number of alkyl halides is 1. The lowest BCUT2D eigenvalue weighted by Gasteiger charge is -2.01. The van der Waals surface area contributed by atoms with Crippen LogP contribution in [0.5, 0.6) is 5.75 Å². The highest BCUT2D eigenvalue weighted by atomic mass is 35.5. The molecule has 8 heteroatoms. The van der Waals surface area contributed by atoms with Gasteiger partial charge in [0, 0.05) is 17.0 Å². The number of amides is 1. The van der Waals surface area contributed by atoms with Crippen molar-refractivity contribution in [2.45, 2.75) is 19.2 Å². The summed E-state index contributed by atoms with van der Waals surface area (Å²) < 4.78 is 1.79. The molecule has 150 valence electrons. The molecule has 5 nitrogen and oxygen atoms in total. The maximum Gasteiger partial charge on any atom is 0.262 e. The third-order valence-electron chi connectivity index (χ3n) is 4.27. The Bertz CT molecular complexity index is 1150. The Morgan fingerprint density at radius 2 is 2.00 bits per heavy atom. The number of imidazole rings is 1. The molecule has 0 aliphatic rings. The molecule has 2 aromatic heterocycles. The molecule has 0 saturated heterocycles. The number of hydrogen-bond acceptors (Lipinski definition) is 4. The number of rotatable bonds is 4. The Kier molecular flexibility index (Phi) is 6.79. The lowest BCUT2D eigenvalue weighted by molar-refractivity contribution is 0.100. The van der Waals surface area contributed by atoms with Crippen molar-refractivity contribution in [3.05, 3.63) is 75.9 Å². The standard InChI is InChI=1S/C13H10ClN3O2S.C8H9Cl/c14-5-7-1-2-8-9(3-7)17(6-16-8)11-4-10(18)12(20-11)13(15)19;1-2-7-5-3-4-6-8(7)9/h1-4,6,18H,5H2,(H2,15,19);3-6H,2H2,1H3. The van der Waals surface area contributed by atoms with Gasteiger partial charge in [0.25, 0.3) is 5.91 Å². The van der Waals surface area contributed by atoms with Crippen LogP contribution in [0.3, 0.4) is 0 Å². The summed E-state index contributed by atoms with van der Waals surface area (Å²) in [5.74, 6) is -0.360. The van der Waals surface area contributed by atoms with Crippen molar-refractivity contribution < 1.29 is 9.90 Å². The highest BCUT2D eigenvalue weighted by molar-refractivity contribution is 7.16. The summed E-state index contributed by atoms with van der Waals surface area (Å²) in [5, 5.41) is 11.3. The van der Waals surface area contributed by atoms with Gasteiger partial charge in [-0.3, -0.25) is 9.36 Å². The number of aryl methyl sites for hydroxylation is 1. The van der Waals surface area contributed by atoms with Crippen LogP contribution in [-0.4, -0.2) is 20.6 Å². The Morgan fingerprint density at radius 3 is 2.59 bits per heavy atom. The molecule has 0 fully saturated rings. The van der Waals surface area contributed by atoms with E-state index >= 15 is 0 Å². The number of halogens is 2. The van der Waals surface area contributed by atoms with E-state index in [-0.39, 0.29) is 10.6 Å². The Labute approximate surface area is 182 Å². The molecule has 4 aromatic rings. The van der Waals surface area contributed by atoms with Crippen molar-refractivity contribution in [2.75, 3.05) is 0 Å². The zero-order valence-corrected chi connectivity index (χ0v) is 17.9. The van der Waals surface area contributed by atoms with Gasteiger partial charge in [0.1, 0.15) is 22.0 Å². The quantitative estimate of drug-likeness (QED) is 0.403. The molecule has 0 saturated carbocycles. The number of nitrogens with two attached hydrogens (primary N) is 1. The summed E-state index contributed by atoms with van der Waals surface area (Å²) in [6.07, 6.45) is 2.65. The maximum atomic E-state index is 11.2. The summed E-state index contributed by atoms with van der Waals surface area (Å²) >= 11 is 12.8. The molecule has 29 heavy (non-hydrogen) atoms. The molecular formula is C21H19Cl2N3O2S. The smallest absolute Gasteiger partial charge is 0.262 e. The van der Waals surface area contributed by atoms with Crippen LogP contribution in [0, 0.1) is 0 Å². The monoisotopic (exact) mass is 447 g/mol. The number of primary amides is 1. The third kappa shape index (κ3) is 4.72. The number of nitrogens with zero attached hydrogens (tertiary/aromatic N) is 2. The molecule has 0 aliphatic heterocycles. The highest BCUT2D eigenvalue weighted by Gasteiger charge is 2.15. The van der Waals surface area contributed by atoms with Gasteiger partial charge in [-0.25, -0.2) is 4.98 Å². The molecule has 0 unspecified atom stereocenters. The summed E-state index contributed by atoms with van der Waals surface area (Å²) in [4.78, 5) is 15.6. The van der Waals surface area contributed by atoms with Gasteiger partial charge in [-0.1, -0.05) is 42.8 Å². The first kappa shape index (κ1) is 21.2. The Balaban J connectivity index is 0.000000224. The third-order valence-corrected chi connectivity index (χ3v) is 6.08. The molecular weight excluding hydrogens is 429 g/mol. The van der Waals surface area contributed by atoms with Crippen molar-refractivity contribution in [3.63, 3.8) is 0 Å². The second-order valence-corrected chi connectivity index (χ2v) is 7.88. The minimum atomic E-state index is -0.649. The molecule has 0 bridgehead atoms. The number of hydrogen-bond donors (Lipinski definition) is 2. The first-order valence-electron chi connectivity index (χ1n) is 8.83. The summed E-state index contributed by atoms with van der Waals surface area (Å²) in [7, 11) is 0. The second kappa shape index (κ2) is 9.31. The molecule has 3 N–H and O–H groups in total. The van der Waals surface area contributed by atoms with Crippen LogP contribution in [0.2, 0.25) is 5.02 Å². The van der Waals surface area contributed by atoms with Gasteiger partial charge in [0.15, 0.2) is 0 Å². The molecule has 0 atom stereocenters. The lowest BCUT2D eigenvalue weighted by atomic mass is 10.2. The zero-order valence-electron chi connectivity index (χ0n) is 15.6. The molecule has 2 heterocycles. The van der Waals surface area contributed by atoms with Crippen LogP contribution in [0.1, 0.15) is 27.7 Å². The maximum absolute atomic E-state index is 11.2. The van der Waals surface area contributed by atoms with Crippen LogP contribution in [0.4, 0.5) is 0 Å². The molecule has 0 radical (unpaired) electrons. The Morgan fingerprint density at radius 1 is 1.24 bits per heavy atom. The predicted molar refractivity (Wildman–Crippen MR) is 120 cm³/mol. The second-order valence-electron chi connectivity index (χ2n) is 6.18. The number of aromatic hydroxyl groups is 1. The van der Waals surface area contributed by atoms with Gasteiger partial charge in [-0.2, -0.15) is 0 Å². The van der Waals surface area contributed by atoms with Crippen LogP contribution in [0.15, 0.2) is 54.9 Å². The van der Waals surface area contributed by atoms with Gasteiger partial charge in [-0.15, -0.1) is 22.9 Å². The summed E-state index contributed by atoms with van der Waals surface area (Å²) in [6, 6.07) is 15.1. The van der Waals surface area contributed by atoms with E-state index in [4.69, 9.17) is 28.9 Å². The fourth-order valence-electron chi connectivity index (χ4n) is 2.76. The minimum Gasteiger partial charge on any atom is -0.506 e. The number of carbonyl (C=O) groups is 1. The van der Waals surface area contributed by atoms with Gasteiger partial charge >= 0.3 is 0 Å². The molecule has 1 amide bonds.